The summed E-state index contributed by atoms with van der Waals surface area (Å²) in [4.78, 5) is 12.3. The summed E-state index contributed by atoms with van der Waals surface area (Å²) >= 11 is 0. The smallest absolute Gasteiger partial charge is 0.227 e. The molecular weight excluding hydrogens is 252 g/mol. The number of carbonyl (C=O) groups excluding carboxylic acids is 1. The van der Waals surface area contributed by atoms with E-state index in [1.165, 1.54) is 0 Å². The Balaban J connectivity index is 1.95. The van der Waals surface area contributed by atoms with Crippen LogP contribution in [0.1, 0.15) is 31.7 Å². The Morgan fingerprint density at radius 1 is 1.45 bits per heavy atom. The molecule has 1 aromatic rings. The zero-order valence-corrected chi connectivity index (χ0v) is 12.3. The molecule has 0 spiro atoms. The Morgan fingerprint density at radius 2 is 2.15 bits per heavy atom. The monoisotopic (exact) mass is 276 g/mol. The number of nitrogens with two attached hydrogens (primary N) is 1. The van der Waals surface area contributed by atoms with Crippen LogP contribution < -0.4 is 15.8 Å². The number of nitrogens with one attached hydrogen (secondary N) is 1. The summed E-state index contributed by atoms with van der Waals surface area (Å²) in [5.74, 6) is 0.972. The van der Waals surface area contributed by atoms with Gasteiger partial charge >= 0.3 is 0 Å². The summed E-state index contributed by atoms with van der Waals surface area (Å²) in [6.45, 7) is 2.47. The highest BCUT2D eigenvalue weighted by Crippen LogP contribution is 2.40. The van der Waals surface area contributed by atoms with Gasteiger partial charge in [-0.1, -0.05) is 24.6 Å². The van der Waals surface area contributed by atoms with E-state index in [9.17, 15) is 4.79 Å². The minimum atomic E-state index is -0.310. The van der Waals surface area contributed by atoms with Gasteiger partial charge in [0.1, 0.15) is 5.75 Å². The lowest BCUT2D eigenvalue weighted by molar-refractivity contribution is -0.135. The van der Waals surface area contributed by atoms with Gasteiger partial charge in [0, 0.05) is 12.6 Å². The Labute approximate surface area is 120 Å². The van der Waals surface area contributed by atoms with Gasteiger partial charge in [-0.15, -0.1) is 0 Å². The van der Waals surface area contributed by atoms with Gasteiger partial charge in [-0.25, -0.2) is 0 Å². The normalized spacial score (nSPS) is 17.9. The first-order valence-electron chi connectivity index (χ1n) is 7.24. The molecule has 1 aliphatic rings. The van der Waals surface area contributed by atoms with Crippen molar-refractivity contribution in [1.29, 1.82) is 0 Å². The maximum atomic E-state index is 12.3. The van der Waals surface area contributed by atoms with E-state index >= 15 is 0 Å². The molecule has 0 bridgehead atoms. The maximum absolute atomic E-state index is 12.3. The molecule has 1 amide bonds. The average Bonchev–Trinajstić information content (AvgIpc) is 2.38. The molecule has 0 aromatic heterocycles. The van der Waals surface area contributed by atoms with Gasteiger partial charge in [0.15, 0.2) is 0 Å². The molecule has 1 atom stereocenters. The number of benzene rings is 1. The van der Waals surface area contributed by atoms with Crippen LogP contribution in [0, 0.1) is 5.41 Å². The van der Waals surface area contributed by atoms with Gasteiger partial charge in [0.05, 0.1) is 12.5 Å². The van der Waals surface area contributed by atoms with Crippen molar-refractivity contribution in [1.82, 2.24) is 5.32 Å². The Hall–Kier alpha value is -1.55. The molecule has 110 valence electrons. The van der Waals surface area contributed by atoms with Crippen LogP contribution in [0.25, 0.3) is 0 Å². The van der Waals surface area contributed by atoms with Crippen molar-refractivity contribution < 1.29 is 9.53 Å². The Morgan fingerprint density at radius 3 is 2.70 bits per heavy atom. The van der Waals surface area contributed by atoms with E-state index in [-0.39, 0.29) is 17.4 Å². The molecule has 1 aromatic carbocycles. The maximum Gasteiger partial charge on any atom is 0.227 e. The number of hydrogen-bond donors (Lipinski definition) is 2. The lowest BCUT2D eigenvalue weighted by Gasteiger charge is -2.39. The molecule has 4 nitrogen and oxygen atoms in total. The third kappa shape index (κ3) is 2.96. The highest BCUT2D eigenvalue weighted by molar-refractivity contribution is 5.84. The van der Waals surface area contributed by atoms with Crippen molar-refractivity contribution in [3.8, 4) is 5.75 Å². The third-order valence-electron chi connectivity index (χ3n) is 4.28. The molecule has 2 rings (SSSR count). The molecule has 0 aliphatic heterocycles. The summed E-state index contributed by atoms with van der Waals surface area (Å²) in [5.41, 5.74) is 6.56. The Bertz CT molecular complexity index is 464. The second-order valence-electron chi connectivity index (χ2n) is 5.73. The lowest BCUT2D eigenvalue weighted by Crippen LogP contribution is -2.52. The van der Waals surface area contributed by atoms with E-state index in [1.54, 1.807) is 7.11 Å². The van der Waals surface area contributed by atoms with Crippen LogP contribution in [0.4, 0.5) is 0 Å². The SMILES string of the molecule is COc1ccccc1CC(C)NC(=O)C1(CN)CCC1. The number of rotatable bonds is 6. The lowest BCUT2D eigenvalue weighted by atomic mass is 9.68. The first kappa shape index (κ1) is 14.9. The van der Waals surface area contributed by atoms with Crippen molar-refractivity contribution in [2.45, 2.75) is 38.6 Å². The van der Waals surface area contributed by atoms with Gasteiger partial charge in [0.2, 0.25) is 5.91 Å². The van der Waals surface area contributed by atoms with Crippen LogP contribution in [0.5, 0.6) is 5.75 Å². The molecule has 0 saturated heterocycles. The van der Waals surface area contributed by atoms with Gasteiger partial charge < -0.3 is 15.8 Å². The molecule has 1 unspecified atom stereocenters. The van der Waals surface area contributed by atoms with Gasteiger partial charge in [-0.05, 0) is 37.8 Å². The van der Waals surface area contributed by atoms with Gasteiger partial charge in [0.25, 0.3) is 0 Å². The fourth-order valence-electron chi connectivity index (χ4n) is 2.76. The number of carbonyl (C=O) groups is 1. The molecular formula is C16H24N2O2. The van der Waals surface area contributed by atoms with Crippen LogP contribution in [0.15, 0.2) is 24.3 Å². The Kier molecular flexibility index (Phi) is 4.65. The van der Waals surface area contributed by atoms with Crippen LogP contribution in [-0.2, 0) is 11.2 Å². The van der Waals surface area contributed by atoms with Crippen molar-refractivity contribution in [2.24, 2.45) is 11.1 Å². The van der Waals surface area contributed by atoms with Crippen molar-refractivity contribution in [2.75, 3.05) is 13.7 Å². The van der Waals surface area contributed by atoms with E-state index in [1.807, 2.05) is 31.2 Å². The molecule has 0 radical (unpaired) electrons. The van der Waals surface area contributed by atoms with E-state index in [2.05, 4.69) is 5.32 Å². The third-order valence-corrected chi connectivity index (χ3v) is 4.28. The zero-order chi connectivity index (χ0) is 14.6. The minimum Gasteiger partial charge on any atom is -0.496 e. The van der Waals surface area contributed by atoms with Crippen LogP contribution >= 0.6 is 0 Å². The zero-order valence-electron chi connectivity index (χ0n) is 12.3. The summed E-state index contributed by atoms with van der Waals surface area (Å²) in [5, 5.41) is 3.10. The van der Waals surface area contributed by atoms with E-state index in [0.717, 1.165) is 37.0 Å². The van der Waals surface area contributed by atoms with Crippen LogP contribution in [0.2, 0.25) is 0 Å². The molecule has 1 fully saturated rings. The summed E-state index contributed by atoms with van der Waals surface area (Å²) in [6.07, 6.45) is 3.69. The van der Waals surface area contributed by atoms with Crippen molar-refractivity contribution in [3.63, 3.8) is 0 Å². The van der Waals surface area contributed by atoms with Crippen LogP contribution in [-0.4, -0.2) is 25.6 Å². The van der Waals surface area contributed by atoms with Crippen molar-refractivity contribution >= 4 is 5.91 Å². The van der Waals surface area contributed by atoms with Crippen molar-refractivity contribution in [3.05, 3.63) is 29.8 Å². The summed E-state index contributed by atoms with van der Waals surface area (Å²) < 4.78 is 5.34. The quantitative estimate of drug-likeness (QED) is 0.833. The summed E-state index contributed by atoms with van der Waals surface area (Å²) in [6, 6.07) is 7.98. The minimum absolute atomic E-state index is 0.0721. The molecule has 1 saturated carbocycles. The highest BCUT2D eigenvalue weighted by atomic mass is 16.5. The number of ether oxygens (including phenoxy) is 1. The number of hydrogen-bond acceptors (Lipinski definition) is 3. The topological polar surface area (TPSA) is 64.3 Å². The van der Waals surface area contributed by atoms with E-state index in [4.69, 9.17) is 10.5 Å². The van der Waals surface area contributed by atoms with Gasteiger partial charge in [-0.2, -0.15) is 0 Å². The molecule has 20 heavy (non-hydrogen) atoms. The first-order valence-corrected chi connectivity index (χ1v) is 7.24. The second-order valence-corrected chi connectivity index (χ2v) is 5.73. The van der Waals surface area contributed by atoms with E-state index < -0.39 is 0 Å². The van der Waals surface area contributed by atoms with Crippen LogP contribution in [0.3, 0.4) is 0 Å². The molecule has 0 heterocycles. The van der Waals surface area contributed by atoms with Gasteiger partial charge in [-0.3, -0.25) is 4.79 Å². The molecule has 1 aliphatic carbocycles. The highest BCUT2D eigenvalue weighted by Gasteiger charge is 2.43. The molecule has 4 heteroatoms. The predicted molar refractivity (Wildman–Crippen MR) is 79.6 cm³/mol. The average molecular weight is 276 g/mol. The summed E-state index contributed by atoms with van der Waals surface area (Å²) in [7, 11) is 1.67. The van der Waals surface area contributed by atoms with E-state index in [0.29, 0.717) is 6.54 Å². The number of methoxy groups -OCH3 is 1. The predicted octanol–water partition coefficient (Wildman–Crippen LogP) is 1.87. The standard InChI is InChI=1S/C16H24N2O2/c1-12(10-13-6-3-4-7-14(13)20-2)18-15(19)16(11-17)8-5-9-16/h3-4,6-7,12H,5,8-11,17H2,1-2H3,(H,18,19). The number of amides is 1. The molecule has 3 N–H and O–H groups in total. The largest absolute Gasteiger partial charge is 0.496 e. The first-order chi connectivity index (χ1) is 9.61. The fraction of sp³-hybridized carbons (Fsp3) is 0.562. The second kappa shape index (κ2) is 6.27. The number of para-hydroxylation sites is 1. The fourth-order valence-corrected chi connectivity index (χ4v) is 2.76.